The molecule has 96 valence electrons. The normalized spacial score (nSPS) is 32.7. The lowest BCUT2D eigenvalue weighted by Gasteiger charge is -2.41. The summed E-state index contributed by atoms with van der Waals surface area (Å²) in [6.07, 6.45) is 5.04. The molecule has 1 aliphatic carbocycles. The van der Waals surface area contributed by atoms with Crippen LogP contribution < -0.4 is 5.73 Å². The molecule has 0 aromatic heterocycles. The van der Waals surface area contributed by atoms with E-state index < -0.39 is 9.84 Å². The summed E-state index contributed by atoms with van der Waals surface area (Å²) >= 11 is 0. The molecule has 4 heteroatoms. The molecule has 0 aromatic rings. The molecule has 3 nitrogen and oxygen atoms in total. The van der Waals surface area contributed by atoms with Crippen molar-refractivity contribution in [1.29, 1.82) is 0 Å². The van der Waals surface area contributed by atoms with E-state index in [0.717, 1.165) is 25.7 Å². The molecule has 0 heterocycles. The lowest BCUT2D eigenvalue weighted by atomic mass is 9.69. The van der Waals surface area contributed by atoms with Gasteiger partial charge in [-0.05, 0) is 30.6 Å². The highest BCUT2D eigenvalue weighted by Gasteiger charge is 2.39. The van der Waals surface area contributed by atoms with E-state index >= 15 is 0 Å². The second-order valence-corrected chi connectivity index (χ2v) is 8.15. The first-order valence-electron chi connectivity index (χ1n) is 6.13. The number of sulfone groups is 1. The van der Waals surface area contributed by atoms with Gasteiger partial charge >= 0.3 is 0 Å². The monoisotopic (exact) mass is 247 g/mol. The Labute approximate surface area is 99.7 Å². The highest BCUT2D eigenvalue weighted by atomic mass is 32.2. The van der Waals surface area contributed by atoms with Crippen molar-refractivity contribution in [3.63, 3.8) is 0 Å². The van der Waals surface area contributed by atoms with Crippen molar-refractivity contribution in [2.24, 2.45) is 17.1 Å². The van der Waals surface area contributed by atoms with Crippen LogP contribution in [0.1, 0.15) is 46.5 Å². The summed E-state index contributed by atoms with van der Waals surface area (Å²) in [5.41, 5.74) is 6.16. The maximum atomic E-state index is 11.7. The van der Waals surface area contributed by atoms with Crippen molar-refractivity contribution in [2.45, 2.75) is 57.7 Å². The zero-order valence-corrected chi connectivity index (χ0v) is 11.7. The molecule has 0 spiro atoms. The van der Waals surface area contributed by atoms with E-state index in [4.69, 9.17) is 5.73 Å². The average molecular weight is 247 g/mol. The van der Waals surface area contributed by atoms with Gasteiger partial charge in [0.25, 0.3) is 0 Å². The Morgan fingerprint density at radius 3 is 2.31 bits per heavy atom. The fourth-order valence-corrected chi connectivity index (χ4v) is 4.00. The van der Waals surface area contributed by atoms with E-state index in [2.05, 4.69) is 20.8 Å². The van der Waals surface area contributed by atoms with Gasteiger partial charge in [-0.3, -0.25) is 0 Å². The molecule has 0 amide bonds. The topological polar surface area (TPSA) is 60.2 Å². The molecule has 0 aromatic carbocycles. The van der Waals surface area contributed by atoms with Crippen LogP contribution in [0.2, 0.25) is 0 Å². The van der Waals surface area contributed by atoms with Crippen LogP contribution in [0.15, 0.2) is 0 Å². The minimum atomic E-state index is -3.00. The summed E-state index contributed by atoms with van der Waals surface area (Å²) in [5.74, 6) is 0.483. The van der Waals surface area contributed by atoms with Crippen LogP contribution in [-0.4, -0.2) is 26.0 Å². The van der Waals surface area contributed by atoms with Gasteiger partial charge in [0.05, 0.1) is 5.25 Å². The van der Waals surface area contributed by atoms with E-state index in [-0.39, 0.29) is 16.7 Å². The van der Waals surface area contributed by atoms with Gasteiger partial charge in [0.15, 0.2) is 9.84 Å². The smallest absolute Gasteiger partial charge is 0.151 e. The highest BCUT2D eigenvalue weighted by molar-refractivity contribution is 7.91. The lowest BCUT2D eigenvalue weighted by molar-refractivity contribution is 0.146. The van der Waals surface area contributed by atoms with Crippen molar-refractivity contribution in [1.82, 2.24) is 0 Å². The molecule has 2 N–H and O–H groups in total. The van der Waals surface area contributed by atoms with E-state index in [0.29, 0.717) is 5.92 Å². The van der Waals surface area contributed by atoms with Crippen molar-refractivity contribution >= 4 is 9.84 Å². The van der Waals surface area contributed by atoms with Crippen LogP contribution in [0.5, 0.6) is 0 Å². The third-order valence-corrected chi connectivity index (χ3v) is 6.05. The van der Waals surface area contributed by atoms with E-state index in [1.165, 1.54) is 6.26 Å². The van der Waals surface area contributed by atoms with Gasteiger partial charge in [-0.15, -0.1) is 0 Å². The summed E-state index contributed by atoms with van der Waals surface area (Å²) in [7, 11) is -3.00. The maximum Gasteiger partial charge on any atom is 0.151 e. The van der Waals surface area contributed by atoms with Gasteiger partial charge in [0.2, 0.25) is 0 Å². The van der Waals surface area contributed by atoms with Crippen LogP contribution in [0.4, 0.5) is 0 Å². The minimum absolute atomic E-state index is 0.168. The van der Waals surface area contributed by atoms with Crippen LogP contribution >= 0.6 is 0 Å². The van der Waals surface area contributed by atoms with Gasteiger partial charge in [0.1, 0.15) is 0 Å². The fourth-order valence-electron chi connectivity index (χ4n) is 2.64. The molecule has 0 saturated heterocycles. The Bertz CT molecular complexity index is 335. The summed E-state index contributed by atoms with van der Waals surface area (Å²) in [6, 6.07) is -0.168. The fraction of sp³-hybridized carbons (Fsp3) is 1.00. The molecule has 0 radical (unpaired) electrons. The van der Waals surface area contributed by atoms with Crippen LogP contribution in [-0.2, 0) is 9.84 Å². The van der Waals surface area contributed by atoms with Crippen molar-refractivity contribution in [2.75, 3.05) is 6.26 Å². The van der Waals surface area contributed by atoms with Gasteiger partial charge < -0.3 is 5.73 Å². The quantitative estimate of drug-likeness (QED) is 0.829. The second-order valence-electron chi connectivity index (χ2n) is 5.88. The zero-order valence-electron chi connectivity index (χ0n) is 10.9. The molecule has 3 atom stereocenters. The highest BCUT2D eigenvalue weighted by Crippen LogP contribution is 2.41. The predicted molar refractivity (Wildman–Crippen MR) is 68.0 cm³/mol. The van der Waals surface area contributed by atoms with Gasteiger partial charge in [0, 0.05) is 12.3 Å². The van der Waals surface area contributed by atoms with Crippen LogP contribution in [0.25, 0.3) is 0 Å². The predicted octanol–water partition coefficient (Wildman–Crippen LogP) is 1.96. The van der Waals surface area contributed by atoms with Gasteiger partial charge in [-0.1, -0.05) is 27.2 Å². The third-order valence-electron chi connectivity index (χ3n) is 4.41. The Kier molecular flexibility index (Phi) is 4.06. The van der Waals surface area contributed by atoms with Gasteiger partial charge in [-0.25, -0.2) is 8.42 Å². The molecule has 1 fully saturated rings. The molecule has 0 aliphatic heterocycles. The molecule has 3 unspecified atom stereocenters. The Morgan fingerprint density at radius 2 is 1.88 bits per heavy atom. The summed E-state index contributed by atoms with van der Waals surface area (Å²) in [6.45, 7) is 6.63. The van der Waals surface area contributed by atoms with Gasteiger partial charge in [-0.2, -0.15) is 0 Å². The molecular formula is C12H25NO2S. The summed E-state index contributed by atoms with van der Waals surface area (Å²) in [5, 5.41) is -0.336. The molecular weight excluding hydrogens is 222 g/mol. The summed E-state index contributed by atoms with van der Waals surface area (Å²) in [4.78, 5) is 0. The van der Waals surface area contributed by atoms with E-state index in [1.54, 1.807) is 0 Å². The third kappa shape index (κ3) is 2.98. The first-order valence-corrected chi connectivity index (χ1v) is 8.08. The van der Waals surface area contributed by atoms with E-state index in [9.17, 15) is 8.42 Å². The van der Waals surface area contributed by atoms with Crippen LogP contribution in [0, 0.1) is 11.3 Å². The zero-order chi connectivity index (χ0) is 12.6. The Hall–Kier alpha value is -0.0900. The molecule has 16 heavy (non-hydrogen) atoms. The van der Waals surface area contributed by atoms with Crippen molar-refractivity contribution in [3.8, 4) is 0 Å². The standard InChI is InChI=1S/C12H25NO2S/c1-5-12(2,3)9-6-7-10(13)11(8-9)16(4,14)15/h9-11H,5-8,13H2,1-4H3. The molecule has 1 rings (SSSR count). The molecule has 0 bridgehead atoms. The summed E-state index contributed by atoms with van der Waals surface area (Å²) < 4.78 is 23.4. The number of rotatable bonds is 3. The Morgan fingerprint density at radius 1 is 1.31 bits per heavy atom. The largest absolute Gasteiger partial charge is 0.327 e. The minimum Gasteiger partial charge on any atom is -0.327 e. The number of nitrogens with two attached hydrogens (primary N) is 1. The second kappa shape index (κ2) is 4.65. The SMILES string of the molecule is CCC(C)(C)C1CCC(N)C(S(C)(=O)=O)C1. The average Bonchev–Trinajstić information content (AvgIpc) is 2.16. The Balaban J connectivity index is 2.84. The van der Waals surface area contributed by atoms with E-state index in [1.807, 2.05) is 0 Å². The van der Waals surface area contributed by atoms with Crippen LogP contribution in [0.3, 0.4) is 0 Å². The van der Waals surface area contributed by atoms with Crippen molar-refractivity contribution < 1.29 is 8.42 Å². The maximum absolute atomic E-state index is 11.7. The lowest BCUT2D eigenvalue weighted by Crippen LogP contribution is -2.47. The first kappa shape index (κ1) is 14.0. The first-order chi connectivity index (χ1) is 7.18. The number of hydrogen-bond donors (Lipinski definition) is 1. The molecule has 1 aliphatic rings. The number of hydrogen-bond acceptors (Lipinski definition) is 3. The molecule has 1 saturated carbocycles. The van der Waals surface area contributed by atoms with Crippen molar-refractivity contribution in [3.05, 3.63) is 0 Å².